The van der Waals surface area contributed by atoms with Crippen LogP contribution in [0.5, 0.6) is 0 Å². The van der Waals surface area contributed by atoms with Crippen molar-refractivity contribution < 1.29 is 4.79 Å². The first kappa shape index (κ1) is 15.6. The Labute approximate surface area is 127 Å². The number of hydrogen-bond donors (Lipinski definition) is 0. The fraction of sp³-hybridized carbons (Fsp3) is 0.611. The summed E-state index contributed by atoms with van der Waals surface area (Å²) in [7, 11) is 0. The van der Waals surface area contributed by atoms with Gasteiger partial charge in [0.05, 0.1) is 0 Å². The quantitative estimate of drug-likeness (QED) is 0.471. The minimum Gasteiger partial charge on any atom is -0.294 e. The van der Waals surface area contributed by atoms with Gasteiger partial charge in [-0.05, 0) is 36.6 Å². The van der Waals surface area contributed by atoms with E-state index in [1.165, 1.54) is 43.4 Å². The Morgan fingerprint density at radius 3 is 2.50 bits per heavy atom. The first-order valence-corrected chi connectivity index (χ1v) is 9.04. The van der Waals surface area contributed by atoms with Gasteiger partial charge in [0.25, 0.3) is 0 Å². The second-order valence-corrected chi connectivity index (χ2v) is 7.01. The molecule has 0 atom stereocenters. The Hall–Kier alpha value is -0.760. The number of Topliss-reactive ketones (excluding diaryl/α,β-unsaturated/α-hetero) is 1. The summed E-state index contributed by atoms with van der Waals surface area (Å²) >= 11 is 1.87. The minimum absolute atomic E-state index is 0.322. The van der Waals surface area contributed by atoms with Crippen molar-refractivity contribution in [3.63, 3.8) is 0 Å². The smallest absolute Gasteiger partial charge is 0.162 e. The molecular weight excluding hydrogens is 264 g/mol. The molecule has 0 amide bonds. The third-order valence-electron chi connectivity index (χ3n) is 4.15. The maximum absolute atomic E-state index is 12.2. The molecule has 0 aliphatic heterocycles. The highest BCUT2D eigenvalue weighted by Crippen LogP contribution is 2.28. The predicted octanol–water partition coefficient (Wildman–Crippen LogP) is 5.73. The maximum atomic E-state index is 12.2. The van der Waals surface area contributed by atoms with Gasteiger partial charge in [0.15, 0.2) is 5.78 Å². The Balaban J connectivity index is 1.79. The number of rotatable bonds is 7. The van der Waals surface area contributed by atoms with Crippen LogP contribution in [0.3, 0.4) is 0 Å². The third kappa shape index (κ3) is 4.97. The first-order valence-electron chi connectivity index (χ1n) is 8.05. The Kier molecular flexibility index (Phi) is 6.65. The van der Waals surface area contributed by atoms with Crippen molar-refractivity contribution in [2.24, 2.45) is 5.92 Å². The van der Waals surface area contributed by atoms with E-state index in [4.69, 9.17) is 0 Å². The monoisotopic (exact) mass is 290 g/mol. The number of ketones is 1. The van der Waals surface area contributed by atoms with Crippen molar-refractivity contribution in [2.45, 2.75) is 63.2 Å². The van der Waals surface area contributed by atoms with Crippen molar-refractivity contribution in [2.75, 3.05) is 5.75 Å². The molecule has 1 aliphatic carbocycles. The highest BCUT2D eigenvalue weighted by Gasteiger charge is 2.15. The van der Waals surface area contributed by atoms with Gasteiger partial charge in [0.2, 0.25) is 0 Å². The molecule has 1 aromatic rings. The molecule has 0 aromatic heterocycles. The van der Waals surface area contributed by atoms with Crippen LogP contribution in [0.2, 0.25) is 0 Å². The highest BCUT2D eigenvalue weighted by molar-refractivity contribution is 7.99. The van der Waals surface area contributed by atoms with E-state index in [-0.39, 0.29) is 0 Å². The summed E-state index contributed by atoms with van der Waals surface area (Å²) in [5, 5.41) is 0. The number of thioether (sulfide) groups is 1. The van der Waals surface area contributed by atoms with Crippen molar-refractivity contribution >= 4 is 17.5 Å². The molecule has 1 aromatic carbocycles. The van der Waals surface area contributed by atoms with Gasteiger partial charge in [-0.1, -0.05) is 51.2 Å². The average Bonchev–Trinajstić information content (AvgIpc) is 2.52. The van der Waals surface area contributed by atoms with Gasteiger partial charge < -0.3 is 0 Å². The fourth-order valence-electron chi connectivity index (χ4n) is 2.91. The summed E-state index contributed by atoms with van der Waals surface area (Å²) in [5.41, 5.74) is 0.890. The van der Waals surface area contributed by atoms with Gasteiger partial charge in [0, 0.05) is 16.9 Å². The zero-order valence-electron chi connectivity index (χ0n) is 12.6. The lowest BCUT2D eigenvalue weighted by molar-refractivity contribution is 0.0970. The zero-order chi connectivity index (χ0) is 14.2. The summed E-state index contributed by atoms with van der Waals surface area (Å²) in [6.07, 6.45) is 9.79. The Morgan fingerprint density at radius 1 is 1.15 bits per heavy atom. The molecular formula is C18H26OS. The molecule has 110 valence electrons. The van der Waals surface area contributed by atoms with Crippen LogP contribution in [0, 0.1) is 5.92 Å². The molecule has 0 saturated heterocycles. The second-order valence-electron chi connectivity index (χ2n) is 5.84. The first-order chi connectivity index (χ1) is 9.79. The Morgan fingerprint density at radius 2 is 1.85 bits per heavy atom. The lowest BCUT2D eigenvalue weighted by Crippen LogP contribution is -2.09. The van der Waals surface area contributed by atoms with E-state index in [0.29, 0.717) is 5.78 Å². The largest absolute Gasteiger partial charge is 0.294 e. The standard InChI is InChI=1S/C18H26OS/c1-2-14-20-17-11-9-16(10-12-17)18(19)13-8-15-6-4-3-5-7-15/h9-12,15H,2-8,13-14H2,1H3. The second kappa shape index (κ2) is 8.51. The van der Waals surface area contributed by atoms with Gasteiger partial charge in [-0.3, -0.25) is 4.79 Å². The minimum atomic E-state index is 0.322. The predicted molar refractivity (Wildman–Crippen MR) is 87.6 cm³/mol. The van der Waals surface area contributed by atoms with Crippen molar-refractivity contribution in [3.05, 3.63) is 29.8 Å². The van der Waals surface area contributed by atoms with E-state index >= 15 is 0 Å². The van der Waals surface area contributed by atoms with Crippen LogP contribution < -0.4 is 0 Å². The van der Waals surface area contributed by atoms with Gasteiger partial charge in [-0.15, -0.1) is 11.8 Å². The molecule has 1 fully saturated rings. The molecule has 0 heterocycles. The summed E-state index contributed by atoms with van der Waals surface area (Å²) in [6, 6.07) is 8.19. The van der Waals surface area contributed by atoms with Gasteiger partial charge in [-0.2, -0.15) is 0 Å². The molecule has 0 bridgehead atoms. The van der Waals surface area contributed by atoms with E-state index in [0.717, 1.165) is 30.1 Å². The van der Waals surface area contributed by atoms with Gasteiger partial charge >= 0.3 is 0 Å². The number of carbonyl (C=O) groups is 1. The molecule has 1 nitrogen and oxygen atoms in total. The normalized spacial score (nSPS) is 16.2. The van der Waals surface area contributed by atoms with Crippen molar-refractivity contribution in [3.8, 4) is 0 Å². The van der Waals surface area contributed by atoms with Crippen LogP contribution in [0.1, 0.15) is 68.6 Å². The number of hydrogen-bond acceptors (Lipinski definition) is 2. The van der Waals surface area contributed by atoms with Crippen LogP contribution in [-0.4, -0.2) is 11.5 Å². The van der Waals surface area contributed by atoms with Gasteiger partial charge in [0.1, 0.15) is 0 Å². The summed E-state index contributed by atoms with van der Waals surface area (Å²) in [5.74, 6) is 2.27. The number of carbonyl (C=O) groups excluding carboxylic acids is 1. The molecule has 1 aliphatic rings. The van der Waals surface area contributed by atoms with Crippen LogP contribution in [-0.2, 0) is 0 Å². The topological polar surface area (TPSA) is 17.1 Å². The summed E-state index contributed by atoms with van der Waals surface area (Å²) < 4.78 is 0. The van der Waals surface area contributed by atoms with Gasteiger partial charge in [-0.25, -0.2) is 0 Å². The van der Waals surface area contributed by atoms with E-state index in [2.05, 4.69) is 19.1 Å². The molecule has 20 heavy (non-hydrogen) atoms. The maximum Gasteiger partial charge on any atom is 0.162 e. The van der Waals surface area contributed by atoms with Crippen LogP contribution in [0.4, 0.5) is 0 Å². The molecule has 2 heteroatoms. The lowest BCUT2D eigenvalue weighted by atomic mass is 9.85. The molecule has 0 spiro atoms. The summed E-state index contributed by atoms with van der Waals surface area (Å²) in [6.45, 7) is 2.19. The average molecular weight is 290 g/mol. The highest BCUT2D eigenvalue weighted by atomic mass is 32.2. The zero-order valence-corrected chi connectivity index (χ0v) is 13.4. The van der Waals surface area contributed by atoms with Crippen molar-refractivity contribution in [1.82, 2.24) is 0 Å². The third-order valence-corrected chi connectivity index (χ3v) is 5.37. The van der Waals surface area contributed by atoms with E-state index in [1.807, 2.05) is 23.9 Å². The van der Waals surface area contributed by atoms with Crippen LogP contribution in [0.15, 0.2) is 29.2 Å². The summed E-state index contributed by atoms with van der Waals surface area (Å²) in [4.78, 5) is 13.5. The van der Waals surface area contributed by atoms with E-state index < -0.39 is 0 Å². The number of benzene rings is 1. The fourth-order valence-corrected chi connectivity index (χ4v) is 3.68. The lowest BCUT2D eigenvalue weighted by Gasteiger charge is -2.20. The van der Waals surface area contributed by atoms with Crippen LogP contribution >= 0.6 is 11.8 Å². The Bertz CT molecular complexity index is 404. The van der Waals surface area contributed by atoms with Crippen LogP contribution in [0.25, 0.3) is 0 Å². The SMILES string of the molecule is CCCSc1ccc(C(=O)CCC2CCCCC2)cc1. The molecule has 0 unspecified atom stereocenters. The van der Waals surface area contributed by atoms with E-state index in [1.54, 1.807) is 0 Å². The van der Waals surface area contributed by atoms with Crippen molar-refractivity contribution in [1.29, 1.82) is 0 Å². The van der Waals surface area contributed by atoms with E-state index in [9.17, 15) is 4.79 Å². The molecule has 2 rings (SSSR count). The molecule has 0 N–H and O–H groups in total. The molecule has 1 saturated carbocycles. The molecule has 0 radical (unpaired) electrons.